The quantitative estimate of drug-likeness (QED) is 0.614. The fourth-order valence-corrected chi connectivity index (χ4v) is 1.91. The van der Waals surface area contributed by atoms with Gasteiger partial charge in [0.15, 0.2) is 0 Å². The first-order valence-electron chi connectivity index (χ1n) is 6.30. The molecular weight excluding hydrogens is 258 g/mol. The zero-order valence-corrected chi connectivity index (χ0v) is 11.2. The van der Waals surface area contributed by atoms with Crippen molar-refractivity contribution in [2.75, 3.05) is 11.9 Å². The van der Waals surface area contributed by atoms with Crippen molar-refractivity contribution < 1.29 is 4.92 Å². The van der Waals surface area contributed by atoms with Crippen molar-refractivity contribution in [2.45, 2.75) is 13.0 Å². The summed E-state index contributed by atoms with van der Waals surface area (Å²) < 4.78 is 1.42. The van der Waals surface area contributed by atoms with Gasteiger partial charge in [-0.15, -0.1) is 5.10 Å². The number of nitrogens with zero attached hydrogens (tertiary/aromatic N) is 3. The molecule has 1 heterocycles. The maximum atomic E-state index is 10.9. The molecule has 0 aliphatic rings. The molecule has 0 atom stereocenters. The molecule has 2 aromatic rings. The number of nitro groups is 1. The van der Waals surface area contributed by atoms with Crippen LogP contribution in [0.5, 0.6) is 0 Å². The summed E-state index contributed by atoms with van der Waals surface area (Å²) in [5, 5.41) is 17.9. The lowest BCUT2D eigenvalue weighted by atomic mass is 10.1. The Morgan fingerprint density at radius 3 is 2.60 bits per heavy atom. The molecular formula is C13H17N5O2. The van der Waals surface area contributed by atoms with Gasteiger partial charge in [-0.25, -0.2) is 0 Å². The molecule has 2 rings (SSSR count). The number of anilines is 1. The lowest BCUT2D eigenvalue weighted by molar-refractivity contribution is -0.384. The number of aryl methyl sites for hydroxylation is 1. The molecule has 0 amide bonds. The largest absolute Gasteiger partial charge is 0.359 e. The van der Waals surface area contributed by atoms with Crippen molar-refractivity contribution in [1.29, 1.82) is 0 Å². The van der Waals surface area contributed by atoms with E-state index < -0.39 is 4.92 Å². The molecule has 7 nitrogen and oxygen atoms in total. The van der Waals surface area contributed by atoms with Gasteiger partial charge in [0.2, 0.25) is 5.82 Å². The lowest BCUT2D eigenvalue weighted by Gasteiger charge is -2.04. The molecule has 3 N–H and O–H groups in total. The highest BCUT2D eigenvalue weighted by atomic mass is 16.6. The van der Waals surface area contributed by atoms with E-state index in [-0.39, 0.29) is 11.5 Å². The van der Waals surface area contributed by atoms with Gasteiger partial charge in [0.05, 0.1) is 4.92 Å². The Hall–Kier alpha value is -2.41. The van der Waals surface area contributed by atoms with Crippen molar-refractivity contribution in [1.82, 2.24) is 9.78 Å². The third-order valence-electron chi connectivity index (χ3n) is 2.92. The van der Waals surface area contributed by atoms with Crippen LogP contribution in [0.1, 0.15) is 11.1 Å². The Morgan fingerprint density at radius 2 is 2.00 bits per heavy atom. The standard InChI is InChI=1S/C13H17N5O2/c1-17-9-12(18(19)20)13(16-17)15-8-11-4-2-10(3-5-11)6-7-14/h2-5,9H,6-8,14H2,1H3,(H,15,16). The van der Waals surface area contributed by atoms with Crippen LogP contribution in [-0.2, 0) is 20.0 Å². The summed E-state index contributed by atoms with van der Waals surface area (Å²) in [6.45, 7) is 1.11. The Kier molecular flexibility index (Phi) is 4.31. The van der Waals surface area contributed by atoms with E-state index in [0.717, 1.165) is 12.0 Å². The van der Waals surface area contributed by atoms with Gasteiger partial charge in [0.25, 0.3) is 0 Å². The van der Waals surface area contributed by atoms with E-state index in [1.54, 1.807) is 7.05 Å². The lowest BCUT2D eigenvalue weighted by Crippen LogP contribution is -2.04. The maximum absolute atomic E-state index is 10.9. The van der Waals surface area contributed by atoms with E-state index in [1.807, 2.05) is 24.3 Å². The smallest absolute Gasteiger partial charge is 0.330 e. The van der Waals surface area contributed by atoms with Crippen molar-refractivity contribution in [3.63, 3.8) is 0 Å². The highest BCUT2D eigenvalue weighted by Gasteiger charge is 2.17. The average Bonchev–Trinajstić information content (AvgIpc) is 2.80. The third kappa shape index (κ3) is 3.33. The summed E-state index contributed by atoms with van der Waals surface area (Å²) in [5.41, 5.74) is 7.69. The molecule has 0 spiro atoms. The van der Waals surface area contributed by atoms with E-state index in [2.05, 4.69) is 10.4 Å². The van der Waals surface area contributed by atoms with Gasteiger partial charge in [-0.2, -0.15) is 0 Å². The predicted molar refractivity (Wildman–Crippen MR) is 76.4 cm³/mol. The topological polar surface area (TPSA) is 99.0 Å². The van der Waals surface area contributed by atoms with E-state index in [9.17, 15) is 10.1 Å². The minimum absolute atomic E-state index is 0.0211. The normalized spacial score (nSPS) is 10.5. The SMILES string of the molecule is Cn1cc([N+](=O)[O-])c(NCc2ccc(CCN)cc2)n1. The van der Waals surface area contributed by atoms with E-state index in [4.69, 9.17) is 5.73 Å². The van der Waals surface area contributed by atoms with Crippen LogP contribution in [0.25, 0.3) is 0 Å². The van der Waals surface area contributed by atoms with Gasteiger partial charge in [0.1, 0.15) is 6.20 Å². The highest BCUT2D eigenvalue weighted by molar-refractivity contribution is 5.54. The third-order valence-corrected chi connectivity index (χ3v) is 2.92. The van der Waals surface area contributed by atoms with Crippen LogP contribution in [-0.4, -0.2) is 21.2 Å². The Bertz CT molecular complexity index is 591. The van der Waals surface area contributed by atoms with Gasteiger partial charge in [-0.3, -0.25) is 14.8 Å². The summed E-state index contributed by atoms with van der Waals surface area (Å²) in [7, 11) is 1.65. The van der Waals surface area contributed by atoms with E-state index in [1.165, 1.54) is 16.4 Å². The molecule has 1 aromatic heterocycles. The molecule has 0 saturated carbocycles. The van der Waals surface area contributed by atoms with Crippen molar-refractivity contribution >= 4 is 11.5 Å². The summed E-state index contributed by atoms with van der Waals surface area (Å²) in [4.78, 5) is 10.4. The fraction of sp³-hybridized carbons (Fsp3) is 0.308. The van der Waals surface area contributed by atoms with Crippen molar-refractivity contribution in [3.8, 4) is 0 Å². The summed E-state index contributed by atoms with van der Waals surface area (Å²) >= 11 is 0. The molecule has 0 fully saturated rings. The molecule has 0 aliphatic heterocycles. The Labute approximate surface area is 116 Å². The van der Waals surface area contributed by atoms with Crippen LogP contribution < -0.4 is 11.1 Å². The van der Waals surface area contributed by atoms with Crippen LogP contribution in [0.3, 0.4) is 0 Å². The van der Waals surface area contributed by atoms with E-state index >= 15 is 0 Å². The number of hydrogen-bond acceptors (Lipinski definition) is 5. The van der Waals surface area contributed by atoms with E-state index in [0.29, 0.717) is 13.1 Å². The number of rotatable bonds is 6. The van der Waals surface area contributed by atoms with Crippen LogP contribution in [0.4, 0.5) is 11.5 Å². The van der Waals surface area contributed by atoms with Gasteiger partial charge in [0, 0.05) is 13.6 Å². The molecule has 0 saturated heterocycles. The molecule has 0 radical (unpaired) electrons. The van der Waals surface area contributed by atoms with Gasteiger partial charge in [-0.1, -0.05) is 24.3 Å². The van der Waals surface area contributed by atoms with Gasteiger partial charge >= 0.3 is 5.69 Å². The maximum Gasteiger partial charge on any atom is 0.330 e. The highest BCUT2D eigenvalue weighted by Crippen LogP contribution is 2.22. The fourth-order valence-electron chi connectivity index (χ4n) is 1.91. The van der Waals surface area contributed by atoms with Gasteiger partial charge in [-0.05, 0) is 24.1 Å². The molecule has 0 unspecified atom stereocenters. The zero-order chi connectivity index (χ0) is 14.5. The predicted octanol–water partition coefficient (Wildman–Crippen LogP) is 1.44. The van der Waals surface area contributed by atoms with Gasteiger partial charge < -0.3 is 11.1 Å². The summed E-state index contributed by atoms with van der Waals surface area (Å²) in [6.07, 6.45) is 2.23. The monoisotopic (exact) mass is 275 g/mol. The van der Waals surface area contributed by atoms with Crippen LogP contribution in [0.2, 0.25) is 0 Å². The first-order valence-corrected chi connectivity index (χ1v) is 6.30. The minimum Gasteiger partial charge on any atom is -0.359 e. The number of hydrogen-bond donors (Lipinski definition) is 2. The molecule has 0 bridgehead atoms. The zero-order valence-electron chi connectivity index (χ0n) is 11.2. The summed E-state index contributed by atoms with van der Waals surface area (Å²) in [5.74, 6) is 0.281. The van der Waals surface area contributed by atoms with Crippen molar-refractivity contribution in [3.05, 3.63) is 51.7 Å². The number of nitrogens with one attached hydrogen (secondary N) is 1. The molecule has 20 heavy (non-hydrogen) atoms. The molecule has 7 heteroatoms. The molecule has 106 valence electrons. The van der Waals surface area contributed by atoms with Crippen LogP contribution in [0.15, 0.2) is 30.5 Å². The number of aromatic nitrogens is 2. The molecule has 0 aliphatic carbocycles. The first-order chi connectivity index (χ1) is 9.60. The Morgan fingerprint density at radius 1 is 1.35 bits per heavy atom. The second-order valence-electron chi connectivity index (χ2n) is 4.50. The number of nitrogens with two attached hydrogens (primary N) is 1. The molecule has 1 aromatic carbocycles. The Balaban J connectivity index is 2.03. The van der Waals surface area contributed by atoms with Crippen LogP contribution >= 0.6 is 0 Å². The second kappa shape index (κ2) is 6.16. The number of benzene rings is 1. The summed E-state index contributed by atoms with van der Waals surface area (Å²) in [6, 6.07) is 7.98. The minimum atomic E-state index is -0.445. The second-order valence-corrected chi connectivity index (χ2v) is 4.50. The van der Waals surface area contributed by atoms with Crippen LogP contribution in [0, 0.1) is 10.1 Å². The van der Waals surface area contributed by atoms with Crippen molar-refractivity contribution in [2.24, 2.45) is 12.8 Å². The first kappa shape index (κ1) is 14.0. The average molecular weight is 275 g/mol.